The van der Waals surface area contributed by atoms with Gasteiger partial charge in [-0.15, -0.1) is 0 Å². The quantitative estimate of drug-likeness (QED) is 0.702. The summed E-state index contributed by atoms with van der Waals surface area (Å²) in [5.41, 5.74) is 16.6. The van der Waals surface area contributed by atoms with Crippen molar-refractivity contribution in [2.45, 2.75) is 6.92 Å². The van der Waals surface area contributed by atoms with Gasteiger partial charge in [0.1, 0.15) is 0 Å². The third-order valence-electron chi connectivity index (χ3n) is 2.35. The van der Waals surface area contributed by atoms with E-state index in [-0.39, 0.29) is 0 Å². The van der Waals surface area contributed by atoms with E-state index in [1.165, 1.54) is 0 Å². The molecular weight excluding hydrogens is 192 g/mol. The van der Waals surface area contributed by atoms with Gasteiger partial charge < -0.3 is 11.5 Å². The summed E-state index contributed by atoms with van der Waals surface area (Å²) in [6.07, 6.45) is 0. The first-order valence-corrected chi connectivity index (χ1v) is 5.31. The molecule has 1 aromatic carbocycles. The molecule has 0 amide bonds. The lowest BCUT2D eigenvalue weighted by Crippen LogP contribution is -1.96. The summed E-state index contributed by atoms with van der Waals surface area (Å²) >= 11 is 1.66. The van der Waals surface area contributed by atoms with E-state index < -0.39 is 0 Å². The molecule has 4 N–H and O–H groups in total. The zero-order chi connectivity index (χ0) is 10.1. The molecule has 14 heavy (non-hydrogen) atoms. The van der Waals surface area contributed by atoms with Crippen molar-refractivity contribution in [2.24, 2.45) is 0 Å². The topological polar surface area (TPSA) is 52.0 Å². The van der Waals surface area contributed by atoms with Gasteiger partial charge >= 0.3 is 0 Å². The summed E-state index contributed by atoms with van der Waals surface area (Å²) in [4.78, 5) is 0. The predicted molar refractivity (Wildman–Crippen MR) is 63.3 cm³/mol. The molecule has 0 saturated heterocycles. The average Bonchev–Trinajstić information content (AvgIpc) is 2.65. The van der Waals surface area contributed by atoms with Gasteiger partial charge in [0.05, 0.1) is 0 Å². The molecule has 0 saturated carbocycles. The Hall–Kier alpha value is -1.48. The molecule has 0 fully saturated rings. The number of hydrogen-bond donors (Lipinski definition) is 2. The van der Waals surface area contributed by atoms with E-state index in [0.29, 0.717) is 0 Å². The highest BCUT2D eigenvalue weighted by molar-refractivity contribution is 7.08. The molecule has 0 atom stereocenters. The van der Waals surface area contributed by atoms with Gasteiger partial charge in [0.25, 0.3) is 0 Å². The average molecular weight is 204 g/mol. The summed E-state index contributed by atoms with van der Waals surface area (Å²) in [5.74, 6) is 0. The minimum absolute atomic E-state index is 0.787. The van der Waals surface area contributed by atoms with Crippen LogP contribution in [0.1, 0.15) is 5.56 Å². The Morgan fingerprint density at radius 2 is 1.79 bits per heavy atom. The number of thiophene rings is 1. The van der Waals surface area contributed by atoms with E-state index in [1.807, 2.05) is 24.4 Å². The van der Waals surface area contributed by atoms with E-state index in [2.05, 4.69) is 11.4 Å². The van der Waals surface area contributed by atoms with E-state index >= 15 is 0 Å². The first-order chi connectivity index (χ1) is 6.70. The minimum atomic E-state index is 0.787. The Balaban J connectivity index is 2.69. The van der Waals surface area contributed by atoms with Gasteiger partial charge in [0.15, 0.2) is 0 Å². The second-order valence-electron chi connectivity index (χ2n) is 3.26. The highest BCUT2D eigenvalue weighted by Gasteiger charge is 2.08. The SMILES string of the molecule is Cc1c(N)ccc(N)c1-c1ccsc1. The maximum Gasteiger partial charge on any atom is 0.0398 e. The predicted octanol–water partition coefficient (Wildman–Crippen LogP) is 2.89. The van der Waals surface area contributed by atoms with Gasteiger partial charge in [-0.3, -0.25) is 0 Å². The molecule has 1 aromatic heterocycles. The third kappa shape index (κ3) is 1.36. The lowest BCUT2D eigenvalue weighted by Gasteiger charge is -2.10. The summed E-state index contributed by atoms with van der Waals surface area (Å²) in [5, 5.41) is 4.12. The molecule has 2 nitrogen and oxygen atoms in total. The number of hydrogen-bond acceptors (Lipinski definition) is 3. The monoisotopic (exact) mass is 204 g/mol. The van der Waals surface area contributed by atoms with Crippen molar-refractivity contribution >= 4 is 22.7 Å². The molecule has 0 radical (unpaired) electrons. The van der Waals surface area contributed by atoms with E-state index in [1.54, 1.807) is 11.3 Å². The molecule has 0 aliphatic rings. The van der Waals surface area contributed by atoms with Gasteiger partial charge in [0, 0.05) is 16.9 Å². The Morgan fingerprint density at radius 1 is 1.07 bits per heavy atom. The fraction of sp³-hybridized carbons (Fsp3) is 0.0909. The molecule has 1 heterocycles. The lowest BCUT2D eigenvalue weighted by atomic mass is 10.00. The van der Waals surface area contributed by atoms with Gasteiger partial charge in [-0.05, 0) is 47.0 Å². The van der Waals surface area contributed by atoms with Crippen molar-refractivity contribution in [3.63, 3.8) is 0 Å². The first-order valence-electron chi connectivity index (χ1n) is 4.37. The van der Waals surface area contributed by atoms with Crippen LogP contribution >= 0.6 is 11.3 Å². The van der Waals surface area contributed by atoms with E-state index in [4.69, 9.17) is 11.5 Å². The molecule has 2 aromatic rings. The van der Waals surface area contributed by atoms with Crippen LogP contribution in [0.3, 0.4) is 0 Å². The van der Waals surface area contributed by atoms with Crippen molar-refractivity contribution in [1.29, 1.82) is 0 Å². The fourth-order valence-electron chi connectivity index (χ4n) is 1.54. The van der Waals surface area contributed by atoms with Crippen molar-refractivity contribution < 1.29 is 0 Å². The molecule has 0 spiro atoms. The summed E-state index contributed by atoms with van der Waals surface area (Å²) in [7, 11) is 0. The smallest absolute Gasteiger partial charge is 0.0398 e. The molecule has 0 aliphatic heterocycles. The second kappa shape index (κ2) is 3.35. The van der Waals surface area contributed by atoms with Crippen molar-refractivity contribution in [3.05, 3.63) is 34.5 Å². The van der Waals surface area contributed by atoms with E-state index in [9.17, 15) is 0 Å². The minimum Gasteiger partial charge on any atom is -0.398 e. The third-order valence-corrected chi connectivity index (χ3v) is 3.03. The van der Waals surface area contributed by atoms with E-state index in [0.717, 1.165) is 28.1 Å². The summed E-state index contributed by atoms with van der Waals surface area (Å²) in [6, 6.07) is 5.76. The highest BCUT2D eigenvalue weighted by Crippen LogP contribution is 2.33. The summed E-state index contributed by atoms with van der Waals surface area (Å²) < 4.78 is 0. The Kier molecular flexibility index (Phi) is 2.17. The van der Waals surface area contributed by atoms with Crippen LogP contribution in [0.2, 0.25) is 0 Å². The number of rotatable bonds is 1. The van der Waals surface area contributed by atoms with Gasteiger partial charge in [-0.25, -0.2) is 0 Å². The number of nitrogen functional groups attached to an aromatic ring is 2. The van der Waals surface area contributed by atoms with Crippen LogP contribution in [0.4, 0.5) is 11.4 Å². The van der Waals surface area contributed by atoms with Crippen LogP contribution in [-0.4, -0.2) is 0 Å². The van der Waals surface area contributed by atoms with Crippen LogP contribution < -0.4 is 11.5 Å². The Bertz CT molecular complexity index is 447. The largest absolute Gasteiger partial charge is 0.398 e. The standard InChI is InChI=1S/C11H12N2S/c1-7-9(12)2-3-10(13)11(7)8-4-5-14-6-8/h2-6H,12-13H2,1H3. The first kappa shape index (κ1) is 9.09. The molecule has 0 aliphatic carbocycles. The molecular formula is C11H12N2S. The molecule has 0 unspecified atom stereocenters. The molecule has 3 heteroatoms. The Labute approximate surface area is 87.2 Å². The maximum absolute atomic E-state index is 5.93. The second-order valence-corrected chi connectivity index (χ2v) is 4.04. The fourth-order valence-corrected chi connectivity index (χ4v) is 2.19. The number of anilines is 2. The highest BCUT2D eigenvalue weighted by atomic mass is 32.1. The van der Waals surface area contributed by atoms with Crippen LogP contribution in [0.5, 0.6) is 0 Å². The van der Waals surface area contributed by atoms with Crippen LogP contribution in [-0.2, 0) is 0 Å². The van der Waals surface area contributed by atoms with Crippen molar-refractivity contribution in [1.82, 2.24) is 0 Å². The van der Waals surface area contributed by atoms with Crippen LogP contribution in [0.25, 0.3) is 11.1 Å². The van der Waals surface area contributed by atoms with Crippen LogP contribution in [0.15, 0.2) is 29.0 Å². The van der Waals surface area contributed by atoms with Crippen molar-refractivity contribution in [3.8, 4) is 11.1 Å². The van der Waals surface area contributed by atoms with Crippen molar-refractivity contribution in [2.75, 3.05) is 11.5 Å². The number of benzene rings is 1. The number of nitrogens with two attached hydrogens (primary N) is 2. The Morgan fingerprint density at radius 3 is 2.43 bits per heavy atom. The normalized spacial score (nSPS) is 10.4. The molecule has 2 rings (SSSR count). The molecule has 72 valence electrons. The zero-order valence-electron chi connectivity index (χ0n) is 7.95. The van der Waals surface area contributed by atoms with Crippen LogP contribution in [0, 0.1) is 6.92 Å². The van der Waals surface area contributed by atoms with Gasteiger partial charge in [0.2, 0.25) is 0 Å². The van der Waals surface area contributed by atoms with Gasteiger partial charge in [-0.1, -0.05) is 0 Å². The maximum atomic E-state index is 5.93. The zero-order valence-corrected chi connectivity index (χ0v) is 8.77. The summed E-state index contributed by atoms with van der Waals surface area (Å²) in [6.45, 7) is 2.00. The molecule has 0 bridgehead atoms. The van der Waals surface area contributed by atoms with Gasteiger partial charge in [-0.2, -0.15) is 11.3 Å². The lowest BCUT2D eigenvalue weighted by molar-refractivity contribution is 1.47.